The van der Waals surface area contributed by atoms with Crippen molar-refractivity contribution in [2.75, 3.05) is 19.0 Å². The van der Waals surface area contributed by atoms with Gasteiger partial charge in [-0.25, -0.2) is 12.4 Å². The Bertz CT molecular complexity index is 1020. The third-order valence-corrected chi connectivity index (χ3v) is 5.39. The van der Waals surface area contributed by atoms with Crippen LogP contribution in [-0.4, -0.2) is 31.4 Å². The van der Waals surface area contributed by atoms with Crippen molar-refractivity contribution in [1.82, 2.24) is 3.97 Å². The molecule has 0 fully saturated rings. The van der Waals surface area contributed by atoms with Crippen LogP contribution in [0.3, 0.4) is 0 Å². The van der Waals surface area contributed by atoms with Crippen LogP contribution in [0.15, 0.2) is 59.5 Å². The van der Waals surface area contributed by atoms with Crippen molar-refractivity contribution in [1.29, 1.82) is 0 Å². The number of anilines is 1. The molecule has 0 unspecified atom stereocenters. The lowest BCUT2D eigenvalue weighted by molar-refractivity contribution is -0.382. The van der Waals surface area contributed by atoms with E-state index in [-0.39, 0.29) is 27.3 Å². The number of nitro groups is 1. The van der Waals surface area contributed by atoms with Crippen LogP contribution in [0.2, 0.25) is 0 Å². The first kappa shape index (κ1) is 16.0. The molecule has 0 N–H and O–H groups in total. The van der Waals surface area contributed by atoms with Crippen LogP contribution >= 0.6 is 0 Å². The molecule has 0 atom stereocenters. The fraction of sp³-hybridized carbons (Fsp3) is 0.125. The Balaban J connectivity index is 2.49. The lowest BCUT2D eigenvalue weighted by Gasteiger charge is -2.16. The molecule has 1 aromatic heterocycles. The van der Waals surface area contributed by atoms with Gasteiger partial charge in [0.2, 0.25) is 5.82 Å². The zero-order chi connectivity index (χ0) is 17.5. The molecule has 124 valence electrons. The molecule has 7 nitrogen and oxygen atoms in total. The van der Waals surface area contributed by atoms with Crippen molar-refractivity contribution in [2.24, 2.45) is 0 Å². The molecule has 24 heavy (non-hydrogen) atoms. The number of aromatic nitrogens is 1. The Morgan fingerprint density at radius 1 is 1.00 bits per heavy atom. The van der Waals surface area contributed by atoms with Crippen LogP contribution in [0.25, 0.3) is 10.9 Å². The molecule has 0 radical (unpaired) electrons. The second kappa shape index (κ2) is 5.64. The van der Waals surface area contributed by atoms with Crippen LogP contribution in [0, 0.1) is 10.1 Å². The van der Waals surface area contributed by atoms with Crippen LogP contribution in [0.4, 0.5) is 11.5 Å². The minimum atomic E-state index is -3.98. The number of hydrogen-bond acceptors (Lipinski definition) is 5. The molecule has 0 saturated heterocycles. The number of nitrogens with zero attached hydrogens (tertiary/aromatic N) is 3. The molecule has 0 saturated carbocycles. The van der Waals surface area contributed by atoms with E-state index in [0.29, 0.717) is 0 Å². The van der Waals surface area contributed by atoms with Crippen LogP contribution in [0.5, 0.6) is 0 Å². The van der Waals surface area contributed by atoms with Gasteiger partial charge in [0.25, 0.3) is 10.0 Å². The van der Waals surface area contributed by atoms with Crippen molar-refractivity contribution < 1.29 is 13.3 Å². The van der Waals surface area contributed by atoms with E-state index in [2.05, 4.69) is 0 Å². The second-order valence-electron chi connectivity index (χ2n) is 5.42. The van der Waals surface area contributed by atoms with E-state index < -0.39 is 14.9 Å². The van der Waals surface area contributed by atoms with E-state index in [1.165, 1.54) is 17.0 Å². The van der Waals surface area contributed by atoms with Crippen molar-refractivity contribution in [2.45, 2.75) is 4.90 Å². The van der Waals surface area contributed by atoms with Gasteiger partial charge in [-0.2, -0.15) is 0 Å². The predicted molar refractivity (Wildman–Crippen MR) is 91.9 cm³/mol. The minimum Gasteiger partial charge on any atom is -0.358 e. The van der Waals surface area contributed by atoms with Crippen LogP contribution < -0.4 is 4.90 Å². The lowest BCUT2D eigenvalue weighted by Crippen LogP contribution is -2.21. The number of rotatable bonds is 4. The Labute approximate surface area is 138 Å². The molecule has 1 heterocycles. The van der Waals surface area contributed by atoms with Gasteiger partial charge >= 0.3 is 5.69 Å². The Kier molecular flexibility index (Phi) is 3.76. The second-order valence-corrected chi connectivity index (χ2v) is 7.21. The van der Waals surface area contributed by atoms with Crippen molar-refractivity contribution in [3.05, 3.63) is 64.7 Å². The largest absolute Gasteiger partial charge is 0.358 e. The van der Waals surface area contributed by atoms with Crippen LogP contribution in [-0.2, 0) is 10.0 Å². The van der Waals surface area contributed by atoms with E-state index in [4.69, 9.17) is 0 Å². The van der Waals surface area contributed by atoms with Crippen LogP contribution in [0.1, 0.15) is 0 Å². The predicted octanol–water partition coefficient (Wildman–Crippen LogP) is 2.85. The summed E-state index contributed by atoms with van der Waals surface area (Å²) in [5.74, 6) is 0.0186. The van der Waals surface area contributed by atoms with Crippen molar-refractivity contribution in [3.63, 3.8) is 0 Å². The Morgan fingerprint density at radius 3 is 2.17 bits per heavy atom. The summed E-state index contributed by atoms with van der Waals surface area (Å²) in [7, 11) is -0.820. The molecule has 3 aromatic rings. The van der Waals surface area contributed by atoms with Gasteiger partial charge in [0, 0.05) is 14.1 Å². The fourth-order valence-corrected chi connectivity index (χ4v) is 4.30. The number of benzene rings is 2. The summed E-state index contributed by atoms with van der Waals surface area (Å²) < 4.78 is 27.3. The van der Waals surface area contributed by atoms with E-state index in [1.54, 1.807) is 56.6 Å². The summed E-state index contributed by atoms with van der Waals surface area (Å²) in [4.78, 5) is 12.6. The summed E-state index contributed by atoms with van der Waals surface area (Å²) in [5.41, 5.74) is 0.0480. The molecule has 2 aromatic carbocycles. The summed E-state index contributed by atoms with van der Waals surface area (Å²) in [5, 5.41) is 11.9. The van der Waals surface area contributed by atoms with E-state index in [9.17, 15) is 18.5 Å². The van der Waals surface area contributed by atoms with Gasteiger partial charge in [0.15, 0.2) is 0 Å². The molecule has 0 aliphatic heterocycles. The maximum absolute atomic E-state index is 13.1. The maximum Gasteiger partial charge on any atom is 0.320 e. The smallest absolute Gasteiger partial charge is 0.320 e. The number of hydrogen-bond donors (Lipinski definition) is 0. The molecule has 0 aliphatic carbocycles. The average molecular weight is 345 g/mol. The van der Waals surface area contributed by atoms with E-state index >= 15 is 0 Å². The number of fused-ring (bicyclic) bond motifs is 1. The Hall–Kier alpha value is -2.87. The highest BCUT2D eigenvalue weighted by Gasteiger charge is 2.33. The molecule has 0 amide bonds. The zero-order valence-electron chi connectivity index (χ0n) is 13.1. The van der Waals surface area contributed by atoms with E-state index in [0.717, 1.165) is 3.97 Å². The van der Waals surface area contributed by atoms with Gasteiger partial charge in [-0.3, -0.25) is 10.1 Å². The zero-order valence-corrected chi connectivity index (χ0v) is 13.9. The molecule has 0 bridgehead atoms. The normalized spacial score (nSPS) is 11.6. The molecular formula is C16H15N3O4S. The summed E-state index contributed by atoms with van der Waals surface area (Å²) in [6.45, 7) is 0. The van der Waals surface area contributed by atoms with E-state index in [1.807, 2.05) is 0 Å². The first-order valence-corrected chi connectivity index (χ1v) is 8.55. The van der Waals surface area contributed by atoms with Gasteiger partial charge < -0.3 is 4.90 Å². The minimum absolute atomic E-state index is 0.0186. The van der Waals surface area contributed by atoms with Gasteiger partial charge in [0.1, 0.15) is 0 Å². The lowest BCUT2D eigenvalue weighted by atomic mass is 10.2. The van der Waals surface area contributed by atoms with Crippen molar-refractivity contribution in [3.8, 4) is 0 Å². The average Bonchev–Trinajstić information content (AvgIpc) is 2.92. The molecule has 3 rings (SSSR count). The highest BCUT2D eigenvalue weighted by Crippen LogP contribution is 2.40. The monoisotopic (exact) mass is 345 g/mol. The quantitative estimate of drug-likeness (QED) is 0.536. The maximum atomic E-state index is 13.1. The van der Waals surface area contributed by atoms with Crippen molar-refractivity contribution >= 4 is 32.4 Å². The molecule has 8 heteroatoms. The molecule has 0 spiro atoms. The summed E-state index contributed by atoms with van der Waals surface area (Å²) in [6.07, 6.45) is 0. The highest BCUT2D eigenvalue weighted by molar-refractivity contribution is 7.90. The SMILES string of the molecule is CN(C)c1c([N+](=O)[O-])c2ccccc2n1S(=O)(=O)c1ccccc1. The third kappa shape index (κ3) is 2.31. The number of para-hydroxylation sites is 1. The fourth-order valence-electron chi connectivity index (χ4n) is 2.70. The first-order chi connectivity index (χ1) is 11.4. The topological polar surface area (TPSA) is 85.4 Å². The Morgan fingerprint density at radius 2 is 1.58 bits per heavy atom. The van der Waals surface area contributed by atoms with Gasteiger partial charge in [-0.1, -0.05) is 30.3 Å². The first-order valence-electron chi connectivity index (χ1n) is 7.11. The third-order valence-electron chi connectivity index (χ3n) is 3.67. The summed E-state index contributed by atoms with van der Waals surface area (Å²) >= 11 is 0. The molecule has 0 aliphatic rings. The standard InChI is InChI=1S/C16H15N3O4S/c1-17(2)16-15(19(20)21)13-10-6-7-11-14(13)18(16)24(22,23)12-8-4-3-5-9-12/h3-11H,1-2H3. The summed E-state index contributed by atoms with van der Waals surface area (Å²) in [6, 6.07) is 14.3. The van der Waals surface area contributed by atoms with Gasteiger partial charge in [-0.15, -0.1) is 0 Å². The van der Waals surface area contributed by atoms with Gasteiger partial charge in [-0.05, 0) is 24.3 Å². The molecular weight excluding hydrogens is 330 g/mol. The van der Waals surface area contributed by atoms with Gasteiger partial charge in [0.05, 0.1) is 20.7 Å². The highest BCUT2D eigenvalue weighted by atomic mass is 32.2.